The zero-order valence-corrected chi connectivity index (χ0v) is 14.8. The molecule has 0 N–H and O–H groups in total. The molecule has 0 aliphatic heterocycles. The maximum Gasteiger partial charge on any atom is 0.340 e. The number of carbonyl (C=O) groups is 1. The van der Waals surface area contributed by atoms with E-state index in [1.165, 1.54) is 25.7 Å². The van der Waals surface area contributed by atoms with Crippen molar-refractivity contribution in [3.8, 4) is 17.2 Å². The lowest BCUT2D eigenvalue weighted by Gasteiger charge is -2.11. The number of ether oxygens (including phenoxy) is 1. The Hall–Kier alpha value is -2.60. The number of unbranched alkanes of at least 4 members (excludes halogenated alkanes) is 5. The van der Waals surface area contributed by atoms with Crippen LogP contribution in [0.5, 0.6) is 0 Å². The van der Waals surface area contributed by atoms with Gasteiger partial charge < -0.3 is 4.74 Å². The quantitative estimate of drug-likeness (QED) is 0.433. The maximum atomic E-state index is 12.6. The molecule has 0 heterocycles. The monoisotopic (exact) mass is 335 g/mol. The zero-order chi connectivity index (χ0) is 17.9. The van der Waals surface area contributed by atoms with Gasteiger partial charge in [0, 0.05) is 0 Å². The average Bonchev–Trinajstić information content (AvgIpc) is 2.67. The minimum absolute atomic E-state index is 0.356. The molecule has 0 saturated carbocycles. The SMILES string of the molecule is CCCCCCCCOC(=O)c1c(C#N)cccc1-c1ccccc1. The Morgan fingerprint density at radius 1 is 0.960 bits per heavy atom. The van der Waals surface area contributed by atoms with Gasteiger partial charge in [-0.05, 0) is 23.6 Å². The predicted octanol–water partition coefficient (Wildman–Crippen LogP) is 5.74. The first-order valence-corrected chi connectivity index (χ1v) is 9.03. The van der Waals surface area contributed by atoms with E-state index in [1.807, 2.05) is 36.4 Å². The van der Waals surface area contributed by atoms with Crippen LogP contribution in [0.1, 0.15) is 61.4 Å². The average molecular weight is 335 g/mol. The standard InChI is InChI=1S/C22H25NO2/c1-2-3-4-5-6-10-16-25-22(24)21-19(17-23)14-11-15-20(21)18-12-8-7-9-13-18/h7-9,11-15H,2-6,10,16H2,1H3. The first-order valence-electron chi connectivity index (χ1n) is 9.03. The summed E-state index contributed by atoms with van der Waals surface area (Å²) in [6.07, 6.45) is 6.83. The molecule has 0 radical (unpaired) electrons. The molecule has 3 heteroatoms. The van der Waals surface area contributed by atoms with Crippen LogP contribution in [0.4, 0.5) is 0 Å². The predicted molar refractivity (Wildman–Crippen MR) is 100 cm³/mol. The number of hydrogen-bond acceptors (Lipinski definition) is 3. The van der Waals surface area contributed by atoms with E-state index < -0.39 is 5.97 Å². The molecule has 3 nitrogen and oxygen atoms in total. The number of esters is 1. The van der Waals surface area contributed by atoms with E-state index in [-0.39, 0.29) is 0 Å². The topological polar surface area (TPSA) is 50.1 Å². The first kappa shape index (κ1) is 18.7. The van der Waals surface area contributed by atoms with Crippen molar-refractivity contribution in [1.29, 1.82) is 5.26 Å². The Morgan fingerprint density at radius 3 is 2.40 bits per heavy atom. The van der Waals surface area contributed by atoms with Gasteiger partial charge in [0.25, 0.3) is 0 Å². The van der Waals surface area contributed by atoms with Gasteiger partial charge >= 0.3 is 5.97 Å². The first-order chi connectivity index (χ1) is 12.3. The summed E-state index contributed by atoms with van der Waals surface area (Å²) in [5.41, 5.74) is 2.37. The van der Waals surface area contributed by atoms with Crippen molar-refractivity contribution in [2.75, 3.05) is 6.61 Å². The summed E-state index contributed by atoms with van der Waals surface area (Å²) in [5.74, 6) is -0.412. The molecule has 2 aromatic rings. The van der Waals surface area contributed by atoms with Gasteiger partial charge in [0.1, 0.15) is 6.07 Å². The molecule has 130 valence electrons. The number of hydrogen-bond donors (Lipinski definition) is 0. The molecule has 2 rings (SSSR count). The van der Waals surface area contributed by atoms with E-state index in [1.54, 1.807) is 12.1 Å². The third-order valence-electron chi connectivity index (χ3n) is 4.20. The Morgan fingerprint density at radius 2 is 1.68 bits per heavy atom. The van der Waals surface area contributed by atoms with Crippen molar-refractivity contribution in [2.24, 2.45) is 0 Å². The molecule has 0 amide bonds. The van der Waals surface area contributed by atoms with Crippen LogP contribution in [0.15, 0.2) is 48.5 Å². The minimum Gasteiger partial charge on any atom is -0.462 e. The van der Waals surface area contributed by atoms with E-state index >= 15 is 0 Å². The van der Waals surface area contributed by atoms with E-state index in [2.05, 4.69) is 13.0 Å². The summed E-state index contributed by atoms with van der Waals surface area (Å²) in [4.78, 5) is 12.6. The van der Waals surface area contributed by atoms with E-state index in [9.17, 15) is 10.1 Å². The van der Waals surface area contributed by atoms with Crippen molar-refractivity contribution < 1.29 is 9.53 Å². The lowest BCUT2D eigenvalue weighted by molar-refractivity contribution is 0.0498. The maximum absolute atomic E-state index is 12.6. The smallest absolute Gasteiger partial charge is 0.340 e. The molecule has 2 aromatic carbocycles. The molecule has 0 atom stereocenters. The van der Waals surface area contributed by atoms with Crippen molar-refractivity contribution in [2.45, 2.75) is 45.4 Å². The largest absolute Gasteiger partial charge is 0.462 e. The molecule has 0 spiro atoms. The van der Waals surface area contributed by atoms with Gasteiger partial charge in [0.2, 0.25) is 0 Å². The van der Waals surface area contributed by atoms with Gasteiger partial charge in [-0.2, -0.15) is 5.26 Å². The molecule has 0 saturated heterocycles. The van der Waals surface area contributed by atoms with Crippen LogP contribution < -0.4 is 0 Å². The normalized spacial score (nSPS) is 10.2. The third-order valence-corrected chi connectivity index (χ3v) is 4.20. The number of benzene rings is 2. The van der Waals surface area contributed by atoms with Crippen LogP contribution in [0.2, 0.25) is 0 Å². The minimum atomic E-state index is -0.412. The Balaban J connectivity index is 2.05. The summed E-state index contributed by atoms with van der Waals surface area (Å²) in [6, 6.07) is 17.0. The molecule has 0 unspecified atom stereocenters. The highest BCUT2D eigenvalue weighted by molar-refractivity contribution is 5.99. The van der Waals surface area contributed by atoms with Gasteiger partial charge in [-0.25, -0.2) is 4.79 Å². The van der Waals surface area contributed by atoms with Gasteiger partial charge in [-0.3, -0.25) is 0 Å². The summed E-state index contributed by atoms with van der Waals surface area (Å²) in [7, 11) is 0. The summed E-state index contributed by atoms with van der Waals surface area (Å²) < 4.78 is 5.45. The van der Waals surface area contributed by atoms with E-state index in [0.717, 1.165) is 24.0 Å². The molecule has 0 aliphatic carbocycles. The Kier molecular flexibility index (Phi) is 7.72. The second kappa shape index (κ2) is 10.3. The number of nitriles is 1. The molecule has 0 aromatic heterocycles. The fourth-order valence-electron chi connectivity index (χ4n) is 2.84. The van der Waals surface area contributed by atoms with Crippen LogP contribution in [-0.4, -0.2) is 12.6 Å². The van der Waals surface area contributed by atoms with Crippen LogP contribution in [0.3, 0.4) is 0 Å². The number of carbonyl (C=O) groups excluding carboxylic acids is 1. The number of nitrogens with zero attached hydrogens (tertiary/aromatic N) is 1. The third kappa shape index (κ3) is 5.46. The van der Waals surface area contributed by atoms with E-state index in [4.69, 9.17) is 4.74 Å². The lowest BCUT2D eigenvalue weighted by atomic mass is 9.96. The van der Waals surface area contributed by atoms with Gasteiger partial charge in [0.05, 0.1) is 17.7 Å². The molecule has 25 heavy (non-hydrogen) atoms. The fraction of sp³-hybridized carbons (Fsp3) is 0.364. The Bertz CT molecular complexity index is 717. The highest BCUT2D eigenvalue weighted by Gasteiger charge is 2.18. The van der Waals surface area contributed by atoms with E-state index in [0.29, 0.717) is 17.7 Å². The number of rotatable bonds is 9. The van der Waals surface area contributed by atoms with Crippen molar-refractivity contribution in [1.82, 2.24) is 0 Å². The Labute approximate surface area is 150 Å². The molecule has 0 aliphatic rings. The van der Waals surface area contributed by atoms with Crippen molar-refractivity contribution in [3.63, 3.8) is 0 Å². The second-order valence-electron chi connectivity index (χ2n) is 6.11. The van der Waals surface area contributed by atoms with Crippen LogP contribution >= 0.6 is 0 Å². The zero-order valence-electron chi connectivity index (χ0n) is 14.8. The molecular formula is C22H25NO2. The second-order valence-corrected chi connectivity index (χ2v) is 6.11. The fourth-order valence-corrected chi connectivity index (χ4v) is 2.84. The lowest BCUT2D eigenvalue weighted by Crippen LogP contribution is -2.10. The molecular weight excluding hydrogens is 310 g/mol. The van der Waals surface area contributed by atoms with Crippen LogP contribution in [-0.2, 0) is 4.74 Å². The van der Waals surface area contributed by atoms with Gasteiger partial charge in [-0.15, -0.1) is 0 Å². The highest BCUT2D eigenvalue weighted by Crippen LogP contribution is 2.27. The summed E-state index contributed by atoms with van der Waals surface area (Å²) in [6.45, 7) is 2.59. The van der Waals surface area contributed by atoms with Gasteiger partial charge in [0.15, 0.2) is 0 Å². The van der Waals surface area contributed by atoms with Crippen molar-refractivity contribution >= 4 is 5.97 Å². The van der Waals surface area contributed by atoms with Crippen LogP contribution in [0, 0.1) is 11.3 Å². The molecule has 0 bridgehead atoms. The van der Waals surface area contributed by atoms with Crippen molar-refractivity contribution in [3.05, 3.63) is 59.7 Å². The van der Waals surface area contributed by atoms with Crippen LogP contribution in [0.25, 0.3) is 11.1 Å². The summed E-state index contributed by atoms with van der Waals surface area (Å²) >= 11 is 0. The van der Waals surface area contributed by atoms with Gasteiger partial charge in [-0.1, -0.05) is 81.5 Å². The highest BCUT2D eigenvalue weighted by atomic mass is 16.5. The molecule has 0 fully saturated rings. The summed E-state index contributed by atoms with van der Waals surface area (Å²) in [5, 5.41) is 9.37.